The Kier molecular flexibility index (Phi) is 3.40. The number of carbonyl (C=O) groups is 1. The first-order valence-electron chi connectivity index (χ1n) is 5.87. The van der Waals surface area contributed by atoms with Gasteiger partial charge < -0.3 is 5.11 Å². The van der Waals surface area contributed by atoms with Gasteiger partial charge in [-0.05, 0) is 6.92 Å². The molecule has 7 heteroatoms. The summed E-state index contributed by atoms with van der Waals surface area (Å²) in [6.45, 7) is 8.21. The summed E-state index contributed by atoms with van der Waals surface area (Å²) in [7, 11) is 0. The van der Waals surface area contributed by atoms with Crippen LogP contribution in [0.2, 0.25) is 0 Å². The van der Waals surface area contributed by atoms with Crippen LogP contribution in [-0.2, 0) is 12.0 Å². The van der Waals surface area contributed by atoms with Crippen molar-refractivity contribution < 1.29 is 9.90 Å². The fourth-order valence-electron chi connectivity index (χ4n) is 1.94. The molecule has 2 rings (SSSR count). The molecular formula is C12H16N4O2S. The molecule has 0 radical (unpaired) electrons. The summed E-state index contributed by atoms with van der Waals surface area (Å²) >= 11 is 1.56. The number of thiazole rings is 1. The number of hydrogen-bond acceptors (Lipinski definition) is 5. The number of carboxylic acids is 1. The normalized spacial score (nSPS) is 11.8. The molecule has 19 heavy (non-hydrogen) atoms. The maximum Gasteiger partial charge on any atom is 0.358 e. The van der Waals surface area contributed by atoms with Crippen molar-refractivity contribution in [1.29, 1.82) is 0 Å². The molecule has 0 unspecified atom stereocenters. The van der Waals surface area contributed by atoms with E-state index in [9.17, 15) is 9.90 Å². The minimum atomic E-state index is -1.05. The second-order valence-corrected chi connectivity index (χ2v) is 6.42. The molecule has 0 aliphatic rings. The van der Waals surface area contributed by atoms with Gasteiger partial charge in [0.2, 0.25) is 0 Å². The monoisotopic (exact) mass is 280 g/mol. The third-order valence-electron chi connectivity index (χ3n) is 2.63. The van der Waals surface area contributed by atoms with Gasteiger partial charge in [0.15, 0.2) is 5.69 Å². The van der Waals surface area contributed by atoms with Crippen molar-refractivity contribution in [2.45, 2.75) is 39.7 Å². The number of carboxylic acid groups (broad SMARTS) is 1. The van der Waals surface area contributed by atoms with Crippen molar-refractivity contribution in [3.8, 4) is 0 Å². The molecule has 1 N–H and O–H groups in total. The zero-order chi connectivity index (χ0) is 14.2. The zero-order valence-corrected chi connectivity index (χ0v) is 12.2. The van der Waals surface area contributed by atoms with E-state index in [1.807, 2.05) is 33.1 Å². The molecule has 0 aliphatic heterocycles. The van der Waals surface area contributed by atoms with E-state index >= 15 is 0 Å². The van der Waals surface area contributed by atoms with E-state index in [-0.39, 0.29) is 11.1 Å². The van der Waals surface area contributed by atoms with Crippen LogP contribution in [0.15, 0.2) is 5.38 Å². The van der Waals surface area contributed by atoms with Crippen LogP contribution in [0, 0.1) is 6.92 Å². The highest BCUT2D eigenvalue weighted by Crippen LogP contribution is 2.25. The largest absolute Gasteiger partial charge is 0.476 e. The lowest BCUT2D eigenvalue weighted by Crippen LogP contribution is -2.22. The van der Waals surface area contributed by atoms with E-state index < -0.39 is 5.97 Å². The summed E-state index contributed by atoms with van der Waals surface area (Å²) in [5.74, 6) is -1.05. The van der Waals surface area contributed by atoms with Gasteiger partial charge in [0, 0.05) is 10.8 Å². The van der Waals surface area contributed by atoms with Gasteiger partial charge in [0.1, 0.15) is 0 Å². The predicted octanol–water partition coefficient (Wildman–Crippen LogP) is 2.09. The Labute approximate surface area is 115 Å². The van der Waals surface area contributed by atoms with Gasteiger partial charge >= 0.3 is 5.97 Å². The molecule has 0 fully saturated rings. The van der Waals surface area contributed by atoms with Crippen LogP contribution in [0.1, 0.15) is 47.7 Å². The number of aromatic nitrogens is 4. The summed E-state index contributed by atoms with van der Waals surface area (Å²) in [6, 6.07) is 0. The minimum Gasteiger partial charge on any atom is -0.476 e. The summed E-state index contributed by atoms with van der Waals surface area (Å²) in [5.41, 5.74) is 1.15. The van der Waals surface area contributed by atoms with E-state index in [2.05, 4.69) is 15.3 Å². The molecule has 0 saturated carbocycles. The van der Waals surface area contributed by atoms with Crippen molar-refractivity contribution in [2.24, 2.45) is 0 Å². The Morgan fingerprint density at radius 2 is 2.16 bits per heavy atom. The van der Waals surface area contributed by atoms with Crippen LogP contribution in [0.5, 0.6) is 0 Å². The Morgan fingerprint density at radius 3 is 2.63 bits per heavy atom. The standard InChI is InChI=1S/C12H16N4O2S/c1-7-13-8(6-19-7)5-16-10(12(2,3)4)9(11(17)18)14-15-16/h6H,5H2,1-4H3,(H,17,18). The lowest BCUT2D eigenvalue weighted by Gasteiger charge is -2.19. The van der Waals surface area contributed by atoms with Gasteiger partial charge in [-0.2, -0.15) is 0 Å². The first-order chi connectivity index (χ1) is 8.79. The molecule has 0 bridgehead atoms. The Morgan fingerprint density at radius 1 is 1.47 bits per heavy atom. The van der Waals surface area contributed by atoms with Crippen molar-refractivity contribution >= 4 is 17.3 Å². The molecule has 0 saturated heterocycles. The van der Waals surface area contributed by atoms with Crippen molar-refractivity contribution in [2.75, 3.05) is 0 Å². The average Bonchev–Trinajstić information content (AvgIpc) is 2.84. The van der Waals surface area contributed by atoms with Gasteiger partial charge in [0.25, 0.3) is 0 Å². The summed E-state index contributed by atoms with van der Waals surface area (Å²) < 4.78 is 1.62. The summed E-state index contributed by atoms with van der Waals surface area (Å²) in [6.07, 6.45) is 0. The Bertz CT molecular complexity index is 610. The molecule has 0 atom stereocenters. The highest BCUT2D eigenvalue weighted by atomic mass is 32.1. The summed E-state index contributed by atoms with van der Waals surface area (Å²) in [4.78, 5) is 15.6. The maximum absolute atomic E-state index is 11.2. The van der Waals surface area contributed by atoms with Crippen LogP contribution in [0.3, 0.4) is 0 Å². The Hall–Kier alpha value is -1.76. The molecule has 2 aromatic heterocycles. The molecule has 102 valence electrons. The van der Waals surface area contributed by atoms with Gasteiger partial charge in [-0.3, -0.25) is 0 Å². The maximum atomic E-state index is 11.2. The van der Waals surface area contributed by atoms with E-state index in [1.165, 1.54) is 0 Å². The number of hydrogen-bond donors (Lipinski definition) is 1. The number of aryl methyl sites for hydroxylation is 1. The predicted molar refractivity (Wildman–Crippen MR) is 71.6 cm³/mol. The molecule has 0 aromatic carbocycles. The molecule has 2 aromatic rings. The topological polar surface area (TPSA) is 80.9 Å². The van der Waals surface area contributed by atoms with Crippen LogP contribution in [0.25, 0.3) is 0 Å². The third-order valence-corrected chi connectivity index (χ3v) is 3.45. The molecule has 0 spiro atoms. The van der Waals surface area contributed by atoms with Crippen LogP contribution >= 0.6 is 11.3 Å². The average molecular weight is 280 g/mol. The molecule has 2 heterocycles. The lowest BCUT2D eigenvalue weighted by molar-refractivity contribution is 0.0687. The number of aromatic carboxylic acids is 1. The van der Waals surface area contributed by atoms with Gasteiger partial charge in [0.05, 0.1) is 22.9 Å². The molecular weight excluding hydrogens is 264 g/mol. The number of rotatable bonds is 3. The Balaban J connectivity index is 2.43. The number of nitrogens with zero attached hydrogens (tertiary/aromatic N) is 4. The lowest BCUT2D eigenvalue weighted by atomic mass is 9.90. The van der Waals surface area contributed by atoms with Gasteiger partial charge in [-0.25, -0.2) is 14.5 Å². The van der Waals surface area contributed by atoms with E-state index in [0.29, 0.717) is 12.2 Å². The smallest absolute Gasteiger partial charge is 0.358 e. The van der Waals surface area contributed by atoms with Gasteiger partial charge in [-0.1, -0.05) is 26.0 Å². The van der Waals surface area contributed by atoms with Crippen molar-refractivity contribution in [3.63, 3.8) is 0 Å². The minimum absolute atomic E-state index is 0.0134. The van der Waals surface area contributed by atoms with E-state index in [4.69, 9.17) is 0 Å². The second-order valence-electron chi connectivity index (χ2n) is 5.36. The van der Waals surface area contributed by atoms with Crippen LogP contribution < -0.4 is 0 Å². The van der Waals surface area contributed by atoms with E-state index in [0.717, 1.165) is 10.7 Å². The molecule has 6 nitrogen and oxygen atoms in total. The zero-order valence-electron chi connectivity index (χ0n) is 11.3. The van der Waals surface area contributed by atoms with Crippen molar-refractivity contribution in [3.05, 3.63) is 27.5 Å². The summed E-state index contributed by atoms with van der Waals surface area (Å²) in [5, 5.41) is 19.8. The van der Waals surface area contributed by atoms with Gasteiger partial charge in [-0.15, -0.1) is 16.4 Å². The van der Waals surface area contributed by atoms with E-state index in [1.54, 1.807) is 16.0 Å². The fourth-order valence-corrected chi connectivity index (χ4v) is 2.55. The first kappa shape index (κ1) is 13.7. The van der Waals surface area contributed by atoms with Crippen molar-refractivity contribution in [1.82, 2.24) is 20.0 Å². The second kappa shape index (κ2) is 4.73. The SMILES string of the molecule is Cc1nc(Cn2nnc(C(=O)O)c2C(C)(C)C)cs1. The first-order valence-corrected chi connectivity index (χ1v) is 6.75. The molecule has 0 aliphatic carbocycles. The highest BCUT2D eigenvalue weighted by molar-refractivity contribution is 7.09. The fraction of sp³-hybridized carbons (Fsp3) is 0.500. The quantitative estimate of drug-likeness (QED) is 0.931. The molecule has 0 amide bonds. The highest BCUT2D eigenvalue weighted by Gasteiger charge is 2.29. The van der Waals surface area contributed by atoms with Crippen LogP contribution in [0.4, 0.5) is 0 Å². The van der Waals surface area contributed by atoms with Crippen LogP contribution in [-0.4, -0.2) is 31.1 Å². The third kappa shape index (κ3) is 2.81.